The minimum absolute atomic E-state index is 0.111. The number of benzene rings is 4. The lowest BCUT2D eigenvalue weighted by atomic mass is 9.86. The predicted molar refractivity (Wildman–Crippen MR) is 153 cm³/mol. The van der Waals surface area contributed by atoms with E-state index in [-0.39, 0.29) is 18.4 Å². The number of fused-ring (bicyclic) bond motifs is 3. The van der Waals surface area contributed by atoms with Crippen molar-refractivity contribution < 1.29 is 23.2 Å². The van der Waals surface area contributed by atoms with E-state index in [0.717, 1.165) is 55.5 Å². The average Bonchev–Trinajstić information content (AvgIpc) is 3.64. The monoisotopic (exact) mass is 548 g/mol. The average molecular weight is 549 g/mol. The van der Waals surface area contributed by atoms with Crippen LogP contribution in [-0.4, -0.2) is 48.8 Å². The number of carbonyl (C=O) groups excluding carboxylic acids is 1. The number of ether oxygens (including phenoxy) is 2. The van der Waals surface area contributed by atoms with E-state index in [4.69, 9.17) is 14.0 Å². The largest absolute Gasteiger partial charge is 0.454 e. The maximum absolute atomic E-state index is 14.1. The summed E-state index contributed by atoms with van der Waals surface area (Å²) in [5.41, 5.74) is 5.66. The van der Waals surface area contributed by atoms with Crippen LogP contribution in [0.5, 0.6) is 11.5 Å². The number of halogens is 1. The lowest BCUT2D eigenvalue weighted by Crippen LogP contribution is -2.46. The summed E-state index contributed by atoms with van der Waals surface area (Å²) in [6.07, 6.45) is 0. The van der Waals surface area contributed by atoms with E-state index in [1.165, 1.54) is 17.7 Å². The normalized spacial score (nSPS) is 15.8. The lowest BCUT2D eigenvalue weighted by Gasteiger charge is -2.36. The summed E-state index contributed by atoms with van der Waals surface area (Å²) in [4.78, 5) is 18.5. The molecule has 0 radical (unpaired) electrons. The summed E-state index contributed by atoms with van der Waals surface area (Å²) in [5, 5.41) is 8.49. The first-order chi connectivity index (χ1) is 20.1. The second-order valence-electron chi connectivity index (χ2n) is 10.5. The highest BCUT2D eigenvalue weighted by atomic mass is 19.1. The topological polar surface area (TPSA) is 80.1 Å². The number of nitrogens with zero attached hydrogens (tertiary/aromatic N) is 3. The molecule has 204 valence electrons. The van der Waals surface area contributed by atoms with Crippen LogP contribution in [0.1, 0.15) is 21.5 Å². The summed E-state index contributed by atoms with van der Waals surface area (Å²) in [6, 6.07) is 21.7. The molecule has 8 nitrogen and oxygen atoms in total. The molecule has 0 unspecified atom stereocenters. The fourth-order valence-electron chi connectivity index (χ4n) is 6.05. The number of hydrogen-bond acceptors (Lipinski definition) is 8. The third-order valence-corrected chi connectivity index (χ3v) is 8.04. The van der Waals surface area contributed by atoms with Crippen molar-refractivity contribution in [1.29, 1.82) is 0 Å². The zero-order valence-electron chi connectivity index (χ0n) is 22.0. The second kappa shape index (κ2) is 9.35. The minimum atomic E-state index is -0.356. The Hall–Kier alpha value is -4.89. The van der Waals surface area contributed by atoms with Crippen molar-refractivity contribution in [1.82, 2.24) is 10.1 Å². The Bertz CT molecular complexity index is 1840. The first-order valence-corrected chi connectivity index (χ1v) is 13.6. The number of rotatable bonds is 5. The highest BCUT2D eigenvalue weighted by molar-refractivity contribution is 6.28. The van der Waals surface area contributed by atoms with Crippen LogP contribution < -0.4 is 19.7 Å². The third-order valence-electron chi connectivity index (χ3n) is 8.04. The zero-order chi connectivity index (χ0) is 27.5. The Morgan fingerprint density at radius 1 is 0.878 bits per heavy atom. The maximum Gasteiger partial charge on any atom is 0.231 e. The van der Waals surface area contributed by atoms with Crippen molar-refractivity contribution in [2.45, 2.75) is 6.54 Å². The molecule has 1 aromatic heterocycles. The van der Waals surface area contributed by atoms with E-state index in [1.54, 1.807) is 18.2 Å². The van der Waals surface area contributed by atoms with Crippen molar-refractivity contribution in [3.8, 4) is 22.8 Å². The van der Waals surface area contributed by atoms with Gasteiger partial charge in [-0.2, -0.15) is 0 Å². The first-order valence-electron chi connectivity index (χ1n) is 13.6. The zero-order valence-corrected chi connectivity index (χ0v) is 22.0. The van der Waals surface area contributed by atoms with E-state index in [9.17, 15) is 9.18 Å². The molecule has 8 rings (SSSR count). The number of carbonyl (C=O) groups is 1. The van der Waals surface area contributed by atoms with Crippen LogP contribution in [0.2, 0.25) is 0 Å². The summed E-state index contributed by atoms with van der Waals surface area (Å²) in [7, 11) is 0. The van der Waals surface area contributed by atoms with Gasteiger partial charge in [-0.25, -0.2) is 4.39 Å². The van der Waals surface area contributed by atoms with E-state index in [2.05, 4.69) is 26.3 Å². The highest BCUT2D eigenvalue weighted by Gasteiger charge is 2.34. The molecule has 0 saturated carbocycles. The molecular formula is C32H25FN4O4. The standard InChI is InChI=1S/C32H25FN4O4/c33-20-4-3-5-21(15-20)34-24-16-25(30-29-28(24)31(38)22-6-1-2-7-23(22)32(29)41-35-30)37-12-10-36(11-13-37)17-19-8-9-26-27(14-19)40-18-39-26/h1-9,14-16,34H,10-13,17-18H2. The quantitative estimate of drug-likeness (QED) is 0.282. The molecule has 3 heterocycles. The van der Waals surface area contributed by atoms with Gasteiger partial charge in [0.2, 0.25) is 6.79 Å². The van der Waals surface area contributed by atoms with Gasteiger partial charge >= 0.3 is 0 Å². The Labute approximate surface area is 234 Å². The molecule has 41 heavy (non-hydrogen) atoms. The van der Waals surface area contributed by atoms with Gasteiger partial charge < -0.3 is 24.2 Å². The van der Waals surface area contributed by atoms with Gasteiger partial charge in [0.15, 0.2) is 23.0 Å². The van der Waals surface area contributed by atoms with Gasteiger partial charge in [-0.3, -0.25) is 9.69 Å². The molecule has 0 atom stereocenters. The van der Waals surface area contributed by atoms with Gasteiger partial charge in [-0.15, -0.1) is 0 Å². The van der Waals surface area contributed by atoms with Gasteiger partial charge in [0.05, 0.1) is 22.3 Å². The van der Waals surface area contributed by atoms with E-state index in [0.29, 0.717) is 39.2 Å². The number of ketones is 1. The number of piperazine rings is 1. The Morgan fingerprint density at radius 3 is 2.56 bits per heavy atom. The van der Waals surface area contributed by atoms with E-state index < -0.39 is 0 Å². The smallest absolute Gasteiger partial charge is 0.231 e. The molecule has 4 aromatic carbocycles. The SMILES string of the molecule is O=C1c2ccccc2-c2onc3c(N4CCN(Cc5ccc6c(c5)OCO6)CC4)cc(Nc4cccc(F)c4)c1c23. The summed E-state index contributed by atoms with van der Waals surface area (Å²) in [6.45, 7) is 4.30. The van der Waals surface area contributed by atoms with Crippen molar-refractivity contribution >= 4 is 33.7 Å². The Kier molecular flexibility index (Phi) is 5.46. The number of anilines is 3. The van der Waals surface area contributed by atoms with Crippen molar-refractivity contribution in [3.05, 3.63) is 95.3 Å². The van der Waals surface area contributed by atoms with E-state index >= 15 is 0 Å². The lowest BCUT2D eigenvalue weighted by molar-refractivity contribution is 0.104. The van der Waals surface area contributed by atoms with Crippen molar-refractivity contribution in [3.63, 3.8) is 0 Å². The molecular weight excluding hydrogens is 523 g/mol. The number of aromatic nitrogens is 1. The van der Waals surface area contributed by atoms with Gasteiger partial charge in [0.25, 0.3) is 0 Å². The van der Waals surface area contributed by atoms with Gasteiger partial charge in [0, 0.05) is 49.5 Å². The molecule has 9 heteroatoms. The summed E-state index contributed by atoms with van der Waals surface area (Å²) >= 11 is 0. The first kappa shape index (κ1) is 24.0. The van der Waals surface area contributed by atoms with Crippen LogP contribution in [0, 0.1) is 5.82 Å². The van der Waals surface area contributed by atoms with Crippen LogP contribution in [0.3, 0.4) is 0 Å². The molecule has 0 amide bonds. The Morgan fingerprint density at radius 2 is 1.71 bits per heavy atom. The van der Waals surface area contributed by atoms with Gasteiger partial charge in [-0.05, 0) is 42.0 Å². The fourth-order valence-corrected chi connectivity index (χ4v) is 6.05. The van der Waals surface area contributed by atoms with E-state index in [1.807, 2.05) is 36.4 Å². The molecule has 1 fully saturated rings. The molecule has 5 aromatic rings. The maximum atomic E-state index is 14.1. The molecule has 0 spiro atoms. The van der Waals surface area contributed by atoms with Crippen LogP contribution in [-0.2, 0) is 6.54 Å². The molecule has 3 aliphatic rings. The molecule has 1 N–H and O–H groups in total. The van der Waals surface area contributed by atoms with Crippen molar-refractivity contribution in [2.24, 2.45) is 0 Å². The van der Waals surface area contributed by atoms with Crippen LogP contribution in [0.4, 0.5) is 21.5 Å². The van der Waals surface area contributed by atoms with Crippen LogP contribution in [0.15, 0.2) is 77.3 Å². The van der Waals surface area contributed by atoms with Crippen molar-refractivity contribution in [2.75, 3.05) is 43.2 Å². The third kappa shape index (κ3) is 4.00. The molecule has 2 aliphatic heterocycles. The highest BCUT2D eigenvalue weighted by Crippen LogP contribution is 2.46. The van der Waals surface area contributed by atoms with Gasteiger partial charge in [-0.1, -0.05) is 41.6 Å². The number of nitrogens with one attached hydrogen (secondary N) is 1. The van der Waals surface area contributed by atoms with Crippen LogP contribution in [0.25, 0.3) is 22.2 Å². The van der Waals surface area contributed by atoms with Crippen LogP contribution >= 0.6 is 0 Å². The molecule has 1 aliphatic carbocycles. The minimum Gasteiger partial charge on any atom is -0.454 e. The Balaban J connectivity index is 1.15. The second-order valence-corrected chi connectivity index (χ2v) is 10.5. The predicted octanol–water partition coefficient (Wildman–Crippen LogP) is 5.97. The number of hydrogen-bond donors (Lipinski definition) is 1. The molecule has 0 bridgehead atoms. The summed E-state index contributed by atoms with van der Waals surface area (Å²) in [5.74, 6) is 1.69. The summed E-state index contributed by atoms with van der Waals surface area (Å²) < 4.78 is 31.0. The molecule has 1 saturated heterocycles. The van der Waals surface area contributed by atoms with Gasteiger partial charge in [0.1, 0.15) is 11.3 Å². The fraction of sp³-hybridized carbons (Fsp3) is 0.188.